The van der Waals surface area contributed by atoms with Gasteiger partial charge in [-0.1, -0.05) is 30.3 Å². The number of nitrogens with zero attached hydrogens (tertiary/aromatic N) is 1. The highest BCUT2D eigenvalue weighted by Crippen LogP contribution is 2.29. The van der Waals surface area contributed by atoms with E-state index < -0.39 is 0 Å². The number of hydrogen-bond donors (Lipinski definition) is 1. The Labute approximate surface area is 126 Å². The maximum atomic E-state index is 12.1. The highest BCUT2D eigenvalue weighted by Gasteiger charge is 2.11. The molecule has 0 spiro atoms. The first-order chi connectivity index (χ1) is 10.3. The lowest BCUT2D eigenvalue weighted by Gasteiger charge is -2.11. The van der Waals surface area contributed by atoms with Crippen molar-refractivity contribution >= 4 is 22.9 Å². The Kier molecular flexibility index (Phi) is 3.93. The molecule has 21 heavy (non-hydrogen) atoms. The molecule has 0 atom stereocenters. The Morgan fingerprint density at radius 1 is 1.05 bits per heavy atom. The van der Waals surface area contributed by atoms with Crippen LogP contribution in [0.1, 0.15) is 10.5 Å². The number of para-hydroxylation sites is 3. The number of carbonyl (C=O) groups excluding carboxylic acids is 1. The minimum Gasteiger partial charge on any atom is -0.455 e. The molecule has 2 aromatic carbocycles. The molecule has 4 nitrogen and oxygen atoms in total. The van der Waals surface area contributed by atoms with Gasteiger partial charge in [0.25, 0.3) is 5.91 Å². The van der Waals surface area contributed by atoms with Gasteiger partial charge in [-0.2, -0.15) is 0 Å². The number of thiazole rings is 1. The number of ether oxygens (including phenoxy) is 1. The zero-order chi connectivity index (χ0) is 14.5. The summed E-state index contributed by atoms with van der Waals surface area (Å²) in [6.07, 6.45) is 0. The van der Waals surface area contributed by atoms with E-state index in [2.05, 4.69) is 10.3 Å². The summed E-state index contributed by atoms with van der Waals surface area (Å²) in [5.74, 6) is 1.06. The smallest absolute Gasteiger partial charge is 0.275 e. The number of carbonyl (C=O) groups is 1. The first-order valence-electron chi connectivity index (χ1n) is 6.34. The fraction of sp³-hybridized carbons (Fsp3) is 0. The SMILES string of the molecule is O=C(Nc1ccccc1Oc1ccccc1)c1cscn1. The van der Waals surface area contributed by atoms with E-state index in [1.807, 2.05) is 48.5 Å². The van der Waals surface area contributed by atoms with Gasteiger partial charge in [-0.15, -0.1) is 11.3 Å². The zero-order valence-electron chi connectivity index (χ0n) is 11.0. The van der Waals surface area contributed by atoms with E-state index >= 15 is 0 Å². The van der Waals surface area contributed by atoms with Crippen molar-refractivity contribution in [1.29, 1.82) is 0 Å². The molecule has 3 rings (SSSR count). The molecular weight excluding hydrogens is 284 g/mol. The molecule has 0 unspecified atom stereocenters. The quantitative estimate of drug-likeness (QED) is 0.785. The van der Waals surface area contributed by atoms with Crippen molar-refractivity contribution < 1.29 is 9.53 Å². The van der Waals surface area contributed by atoms with Crippen LogP contribution < -0.4 is 10.1 Å². The number of hydrogen-bond acceptors (Lipinski definition) is 4. The van der Waals surface area contributed by atoms with Crippen LogP contribution in [0.3, 0.4) is 0 Å². The molecule has 0 fully saturated rings. The molecule has 0 aliphatic heterocycles. The van der Waals surface area contributed by atoms with Crippen LogP contribution in [0.5, 0.6) is 11.5 Å². The van der Waals surface area contributed by atoms with E-state index in [4.69, 9.17) is 4.74 Å². The van der Waals surface area contributed by atoms with Crippen LogP contribution in [-0.4, -0.2) is 10.9 Å². The fourth-order valence-electron chi connectivity index (χ4n) is 1.79. The van der Waals surface area contributed by atoms with E-state index in [1.54, 1.807) is 17.0 Å². The van der Waals surface area contributed by atoms with Crippen LogP contribution in [0.4, 0.5) is 5.69 Å². The summed E-state index contributed by atoms with van der Waals surface area (Å²) in [7, 11) is 0. The zero-order valence-corrected chi connectivity index (χ0v) is 11.8. The van der Waals surface area contributed by atoms with Crippen LogP contribution in [0, 0.1) is 0 Å². The summed E-state index contributed by atoms with van der Waals surface area (Å²) >= 11 is 1.38. The van der Waals surface area contributed by atoms with Gasteiger partial charge >= 0.3 is 0 Å². The number of aromatic nitrogens is 1. The molecular formula is C16H12N2O2S. The second kappa shape index (κ2) is 6.19. The van der Waals surface area contributed by atoms with Gasteiger partial charge in [0.2, 0.25) is 0 Å². The molecule has 1 N–H and O–H groups in total. The third-order valence-corrected chi connectivity index (χ3v) is 3.36. The summed E-state index contributed by atoms with van der Waals surface area (Å²) in [4.78, 5) is 16.0. The summed E-state index contributed by atoms with van der Waals surface area (Å²) in [5.41, 5.74) is 2.63. The molecule has 0 bridgehead atoms. The van der Waals surface area contributed by atoms with Gasteiger partial charge in [-0.05, 0) is 24.3 Å². The van der Waals surface area contributed by atoms with Crippen molar-refractivity contribution in [3.8, 4) is 11.5 Å². The van der Waals surface area contributed by atoms with Gasteiger partial charge < -0.3 is 10.1 Å². The van der Waals surface area contributed by atoms with Crippen molar-refractivity contribution in [3.05, 3.63) is 71.2 Å². The molecule has 0 radical (unpaired) electrons. The molecule has 5 heteroatoms. The van der Waals surface area contributed by atoms with Crippen molar-refractivity contribution in [2.45, 2.75) is 0 Å². The van der Waals surface area contributed by atoms with Gasteiger partial charge in [-0.25, -0.2) is 4.98 Å². The highest BCUT2D eigenvalue weighted by molar-refractivity contribution is 7.07. The van der Waals surface area contributed by atoms with Crippen LogP contribution in [-0.2, 0) is 0 Å². The number of rotatable bonds is 4. The van der Waals surface area contributed by atoms with E-state index in [0.717, 1.165) is 0 Å². The lowest BCUT2D eigenvalue weighted by Crippen LogP contribution is -2.12. The molecule has 0 aliphatic rings. The topological polar surface area (TPSA) is 51.2 Å². The van der Waals surface area contributed by atoms with Gasteiger partial charge in [-0.3, -0.25) is 4.79 Å². The standard InChI is InChI=1S/C16H12N2O2S/c19-16(14-10-21-11-17-14)18-13-8-4-5-9-15(13)20-12-6-2-1-3-7-12/h1-11H,(H,18,19). The predicted octanol–water partition coefficient (Wildman–Crippen LogP) is 4.19. The Bertz CT molecular complexity index is 727. The molecule has 0 saturated carbocycles. The number of nitrogens with one attached hydrogen (secondary N) is 1. The van der Waals surface area contributed by atoms with E-state index in [0.29, 0.717) is 22.9 Å². The number of amides is 1. The van der Waals surface area contributed by atoms with Gasteiger partial charge in [0.05, 0.1) is 11.2 Å². The lowest BCUT2D eigenvalue weighted by atomic mass is 10.2. The first kappa shape index (κ1) is 13.3. The van der Waals surface area contributed by atoms with Gasteiger partial charge in [0, 0.05) is 5.38 Å². The Hall–Kier alpha value is -2.66. The van der Waals surface area contributed by atoms with Crippen LogP contribution in [0.25, 0.3) is 0 Å². The van der Waals surface area contributed by atoms with Crippen LogP contribution in [0.2, 0.25) is 0 Å². The van der Waals surface area contributed by atoms with Crippen LogP contribution >= 0.6 is 11.3 Å². The van der Waals surface area contributed by atoms with Crippen molar-refractivity contribution in [2.24, 2.45) is 0 Å². The molecule has 1 heterocycles. The van der Waals surface area contributed by atoms with E-state index in [-0.39, 0.29) is 5.91 Å². The number of benzene rings is 2. The van der Waals surface area contributed by atoms with Crippen molar-refractivity contribution in [1.82, 2.24) is 4.98 Å². The third-order valence-electron chi connectivity index (χ3n) is 2.77. The summed E-state index contributed by atoms with van der Waals surface area (Å²) in [5, 5.41) is 4.52. The largest absolute Gasteiger partial charge is 0.455 e. The second-order valence-electron chi connectivity index (χ2n) is 4.24. The summed E-state index contributed by atoms with van der Waals surface area (Å²) < 4.78 is 5.80. The van der Waals surface area contributed by atoms with Gasteiger partial charge in [0.15, 0.2) is 5.75 Å². The number of anilines is 1. The molecule has 1 aromatic heterocycles. The Morgan fingerprint density at radius 3 is 2.57 bits per heavy atom. The predicted molar refractivity (Wildman–Crippen MR) is 83.0 cm³/mol. The maximum absolute atomic E-state index is 12.1. The average Bonchev–Trinajstić information content (AvgIpc) is 3.05. The first-order valence-corrected chi connectivity index (χ1v) is 7.29. The Balaban J connectivity index is 1.81. The molecule has 1 amide bonds. The minimum absolute atomic E-state index is 0.250. The fourth-order valence-corrected chi connectivity index (χ4v) is 2.32. The molecule has 0 saturated heterocycles. The summed E-state index contributed by atoms with van der Waals surface area (Å²) in [6, 6.07) is 16.7. The molecule has 104 valence electrons. The van der Waals surface area contributed by atoms with Crippen LogP contribution in [0.15, 0.2) is 65.5 Å². The maximum Gasteiger partial charge on any atom is 0.275 e. The second-order valence-corrected chi connectivity index (χ2v) is 4.96. The normalized spacial score (nSPS) is 10.1. The highest BCUT2D eigenvalue weighted by atomic mass is 32.1. The van der Waals surface area contributed by atoms with E-state index in [9.17, 15) is 4.79 Å². The third kappa shape index (κ3) is 3.27. The van der Waals surface area contributed by atoms with Crippen molar-refractivity contribution in [2.75, 3.05) is 5.32 Å². The Morgan fingerprint density at radius 2 is 1.81 bits per heavy atom. The molecule has 3 aromatic rings. The minimum atomic E-state index is -0.250. The van der Waals surface area contributed by atoms with E-state index in [1.165, 1.54) is 11.3 Å². The van der Waals surface area contributed by atoms with Crippen molar-refractivity contribution in [3.63, 3.8) is 0 Å². The molecule has 0 aliphatic carbocycles. The lowest BCUT2D eigenvalue weighted by molar-refractivity contribution is 0.102. The van der Waals surface area contributed by atoms with Gasteiger partial charge in [0.1, 0.15) is 11.4 Å². The monoisotopic (exact) mass is 296 g/mol. The summed E-state index contributed by atoms with van der Waals surface area (Å²) in [6.45, 7) is 0. The average molecular weight is 296 g/mol.